The van der Waals surface area contributed by atoms with Gasteiger partial charge in [0.15, 0.2) is 0 Å². The van der Waals surface area contributed by atoms with E-state index in [1.807, 2.05) is 12.1 Å². The van der Waals surface area contributed by atoms with Gasteiger partial charge in [0.1, 0.15) is 5.76 Å². The Bertz CT molecular complexity index is 448. The lowest BCUT2D eigenvalue weighted by Gasteiger charge is -2.11. The van der Waals surface area contributed by atoms with Gasteiger partial charge in [0.25, 0.3) is 0 Å². The fourth-order valence-corrected chi connectivity index (χ4v) is 2.03. The molecular formula is C15H19NO. The lowest BCUT2D eigenvalue weighted by atomic mass is 10.0. The van der Waals surface area contributed by atoms with E-state index in [0.717, 1.165) is 25.0 Å². The van der Waals surface area contributed by atoms with Crippen molar-refractivity contribution >= 4 is 0 Å². The molecule has 1 atom stereocenters. The molecule has 0 saturated carbocycles. The molecule has 1 unspecified atom stereocenters. The van der Waals surface area contributed by atoms with Gasteiger partial charge in [-0.15, -0.1) is 0 Å². The summed E-state index contributed by atoms with van der Waals surface area (Å²) in [6, 6.07) is 12.6. The second-order valence-electron chi connectivity index (χ2n) is 4.57. The van der Waals surface area contributed by atoms with Gasteiger partial charge >= 0.3 is 0 Å². The molecule has 2 N–H and O–H groups in total. The second kappa shape index (κ2) is 5.69. The number of hydrogen-bond acceptors (Lipinski definition) is 2. The number of furan rings is 1. The van der Waals surface area contributed by atoms with E-state index in [2.05, 4.69) is 31.2 Å². The quantitative estimate of drug-likeness (QED) is 0.855. The van der Waals surface area contributed by atoms with E-state index in [1.54, 1.807) is 6.26 Å². The number of rotatable bonds is 5. The average molecular weight is 229 g/mol. The van der Waals surface area contributed by atoms with E-state index in [0.29, 0.717) is 0 Å². The molecular weight excluding hydrogens is 210 g/mol. The Morgan fingerprint density at radius 1 is 1.24 bits per heavy atom. The average Bonchev–Trinajstić information content (AvgIpc) is 2.79. The molecule has 2 nitrogen and oxygen atoms in total. The Morgan fingerprint density at radius 3 is 2.82 bits per heavy atom. The Hall–Kier alpha value is -1.54. The molecule has 0 amide bonds. The van der Waals surface area contributed by atoms with Crippen molar-refractivity contribution < 1.29 is 4.42 Å². The molecule has 1 aromatic heterocycles. The molecule has 0 saturated heterocycles. The van der Waals surface area contributed by atoms with Gasteiger partial charge in [-0.25, -0.2) is 0 Å². The minimum Gasteiger partial charge on any atom is -0.469 e. The maximum Gasteiger partial charge on any atom is 0.103 e. The van der Waals surface area contributed by atoms with Crippen LogP contribution in [0, 0.1) is 6.92 Å². The lowest BCUT2D eigenvalue weighted by Crippen LogP contribution is -2.23. The molecule has 0 aliphatic rings. The van der Waals surface area contributed by atoms with E-state index < -0.39 is 0 Å². The van der Waals surface area contributed by atoms with E-state index in [9.17, 15) is 0 Å². The summed E-state index contributed by atoms with van der Waals surface area (Å²) in [6.07, 6.45) is 4.52. The standard InChI is InChI=1S/C15H19NO/c1-12-4-2-5-13(10-12)11-14(16)7-8-15-6-3-9-17-15/h2-6,9-10,14H,7-8,11,16H2,1H3. The SMILES string of the molecule is Cc1cccc(CC(N)CCc2ccco2)c1. The van der Waals surface area contributed by atoms with Crippen molar-refractivity contribution in [2.75, 3.05) is 0 Å². The smallest absolute Gasteiger partial charge is 0.103 e. The van der Waals surface area contributed by atoms with Crippen LogP contribution in [0.1, 0.15) is 23.3 Å². The van der Waals surface area contributed by atoms with Crippen LogP contribution in [-0.4, -0.2) is 6.04 Å². The summed E-state index contributed by atoms with van der Waals surface area (Å²) in [4.78, 5) is 0. The summed E-state index contributed by atoms with van der Waals surface area (Å²) in [7, 11) is 0. The normalized spacial score (nSPS) is 12.6. The van der Waals surface area contributed by atoms with Crippen molar-refractivity contribution in [2.24, 2.45) is 5.73 Å². The van der Waals surface area contributed by atoms with Crippen LogP contribution in [-0.2, 0) is 12.8 Å². The molecule has 0 aliphatic carbocycles. The largest absolute Gasteiger partial charge is 0.469 e. The molecule has 2 rings (SSSR count). The van der Waals surface area contributed by atoms with Crippen molar-refractivity contribution in [2.45, 2.75) is 32.2 Å². The van der Waals surface area contributed by atoms with Gasteiger partial charge in [0, 0.05) is 12.5 Å². The van der Waals surface area contributed by atoms with E-state index in [4.69, 9.17) is 10.2 Å². The number of nitrogens with two attached hydrogens (primary N) is 1. The molecule has 17 heavy (non-hydrogen) atoms. The molecule has 0 fully saturated rings. The zero-order valence-corrected chi connectivity index (χ0v) is 10.2. The highest BCUT2D eigenvalue weighted by Crippen LogP contribution is 2.10. The van der Waals surface area contributed by atoms with Gasteiger partial charge in [0.2, 0.25) is 0 Å². The summed E-state index contributed by atoms with van der Waals surface area (Å²) in [6.45, 7) is 2.11. The predicted molar refractivity (Wildman–Crippen MR) is 69.9 cm³/mol. The van der Waals surface area contributed by atoms with Crippen LogP contribution >= 0.6 is 0 Å². The van der Waals surface area contributed by atoms with E-state index in [1.165, 1.54) is 11.1 Å². The van der Waals surface area contributed by atoms with Crippen LogP contribution < -0.4 is 5.73 Å². The highest BCUT2D eigenvalue weighted by atomic mass is 16.3. The highest BCUT2D eigenvalue weighted by Gasteiger charge is 2.06. The molecule has 2 aromatic rings. The fraction of sp³-hybridized carbons (Fsp3) is 0.333. The summed E-state index contributed by atoms with van der Waals surface area (Å²) in [5.41, 5.74) is 8.74. The fourth-order valence-electron chi connectivity index (χ4n) is 2.03. The Kier molecular flexibility index (Phi) is 3.99. The van der Waals surface area contributed by atoms with Crippen molar-refractivity contribution in [1.29, 1.82) is 0 Å². The second-order valence-corrected chi connectivity index (χ2v) is 4.57. The van der Waals surface area contributed by atoms with Gasteiger partial charge in [-0.1, -0.05) is 29.8 Å². The van der Waals surface area contributed by atoms with Gasteiger partial charge in [-0.05, 0) is 37.5 Å². The molecule has 1 heterocycles. The zero-order chi connectivity index (χ0) is 12.1. The molecule has 0 bridgehead atoms. The first-order valence-electron chi connectivity index (χ1n) is 6.07. The van der Waals surface area contributed by atoms with Crippen molar-refractivity contribution in [3.63, 3.8) is 0 Å². The number of hydrogen-bond donors (Lipinski definition) is 1. The maximum atomic E-state index is 6.13. The van der Waals surface area contributed by atoms with Crippen molar-refractivity contribution in [3.05, 3.63) is 59.5 Å². The third kappa shape index (κ3) is 3.75. The number of benzene rings is 1. The monoisotopic (exact) mass is 229 g/mol. The molecule has 0 spiro atoms. The lowest BCUT2D eigenvalue weighted by molar-refractivity contribution is 0.484. The predicted octanol–water partition coefficient (Wildman–Crippen LogP) is 3.09. The highest BCUT2D eigenvalue weighted by molar-refractivity contribution is 5.22. The summed E-state index contributed by atoms with van der Waals surface area (Å²) < 4.78 is 5.30. The third-order valence-electron chi connectivity index (χ3n) is 2.92. The Labute approximate surface area is 102 Å². The van der Waals surface area contributed by atoms with Gasteiger partial charge in [-0.2, -0.15) is 0 Å². The molecule has 0 aliphatic heterocycles. The van der Waals surface area contributed by atoms with Crippen molar-refractivity contribution in [3.8, 4) is 0 Å². The van der Waals surface area contributed by atoms with Crippen LogP contribution in [0.25, 0.3) is 0 Å². The Morgan fingerprint density at radius 2 is 2.12 bits per heavy atom. The summed E-state index contributed by atoms with van der Waals surface area (Å²) in [5, 5.41) is 0. The first-order valence-corrected chi connectivity index (χ1v) is 6.07. The van der Waals surface area contributed by atoms with Gasteiger partial charge in [-0.3, -0.25) is 0 Å². The third-order valence-corrected chi connectivity index (χ3v) is 2.92. The van der Waals surface area contributed by atoms with Crippen LogP contribution in [0.5, 0.6) is 0 Å². The zero-order valence-electron chi connectivity index (χ0n) is 10.2. The van der Waals surface area contributed by atoms with Crippen molar-refractivity contribution in [1.82, 2.24) is 0 Å². The minimum atomic E-state index is 0.196. The molecule has 2 heteroatoms. The van der Waals surface area contributed by atoms with Crippen LogP contribution in [0.4, 0.5) is 0 Å². The first kappa shape index (κ1) is 11.9. The minimum absolute atomic E-state index is 0.196. The van der Waals surface area contributed by atoms with E-state index >= 15 is 0 Å². The first-order chi connectivity index (χ1) is 8.24. The maximum absolute atomic E-state index is 6.13. The molecule has 90 valence electrons. The summed E-state index contributed by atoms with van der Waals surface area (Å²) in [5.74, 6) is 1.02. The van der Waals surface area contributed by atoms with Crippen LogP contribution in [0.3, 0.4) is 0 Å². The van der Waals surface area contributed by atoms with Gasteiger partial charge in [0.05, 0.1) is 6.26 Å². The van der Waals surface area contributed by atoms with Gasteiger partial charge < -0.3 is 10.2 Å². The molecule has 1 aromatic carbocycles. The number of aryl methyl sites for hydroxylation is 2. The van der Waals surface area contributed by atoms with Crippen LogP contribution in [0.2, 0.25) is 0 Å². The van der Waals surface area contributed by atoms with E-state index in [-0.39, 0.29) is 6.04 Å². The molecule has 0 radical (unpaired) electrons. The summed E-state index contributed by atoms with van der Waals surface area (Å²) >= 11 is 0. The van der Waals surface area contributed by atoms with Crippen LogP contribution in [0.15, 0.2) is 47.1 Å². The Balaban J connectivity index is 1.83. The topological polar surface area (TPSA) is 39.2 Å².